The van der Waals surface area contributed by atoms with Crippen LogP contribution in [-0.2, 0) is 9.47 Å². The second-order valence-electron chi connectivity index (χ2n) is 8.42. The van der Waals surface area contributed by atoms with E-state index in [2.05, 4.69) is 13.8 Å². The Hall–Kier alpha value is 0.150. The van der Waals surface area contributed by atoms with Crippen molar-refractivity contribution in [3.05, 3.63) is 0 Å². The normalized spacial score (nSPS) is 39.4. The Kier molecular flexibility index (Phi) is 7.02. The van der Waals surface area contributed by atoms with Crippen molar-refractivity contribution in [2.45, 2.75) is 83.6 Å². The lowest BCUT2D eigenvalue weighted by Crippen LogP contribution is -2.60. The first-order valence-corrected chi connectivity index (χ1v) is 10.2. The first-order chi connectivity index (χ1) is 11.2. The van der Waals surface area contributed by atoms with Crippen LogP contribution in [0.25, 0.3) is 0 Å². The van der Waals surface area contributed by atoms with E-state index >= 15 is 0 Å². The van der Waals surface area contributed by atoms with Gasteiger partial charge in [-0.05, 0) is 32.1 Å². The van der Waals surface area contributed by atoms with Crippen molar-refractivity contribution >= 4 is 11.8 Å². The Morgan fingerprint density at radius 1 is 1.04 bits per heavy atom. The van der Waals surface area contributed by atoms with Crippen LogP contribution in [0.1, 0.15) is 53.4 Å². The minimum Gasteiger partial charge on any atom is -0.396 e. The molecule has 5 nitrogen and oxygen atoms in total. The first kappa shape index (κ1) is 20.5. The molecule has 5 atom stereocenters. The first-order valence-electron chi connectivity index (χ1n) is 9.06. The summed E-state index contributed by atoms with van der Waals surface area (Å²) in [4.78, 5) is 0. The van der Waals surface area contributed by atoms with Gasteiger partial charge in [0.05, 0.1) is 24.4 Å². The van der Waals surface area contributed by atoms with Gasteiger partial charge in [-0.2, -0.15) is 11.8 Å². The lowest BCUT2D eigenvalue weighted by molar-refractivity contribution is -0.316. The largest absolute Gasteiger partial charge is 0.396 e. The molecule has 6 heteroatoms. The minimum absolute atomic E-state index is 0.129. The second kappa shape index (κ2) is 8.23. The summed E-state index contributed by atoms with van der Waals surface area (Å²) in [6.07, 6.45) is 1.10. The maximum absolute atomic E-state index is 10.8. The fourth-order valence-corrected chi connectivity index (χ4v) is 4.89. The Morgan fingerprint density at radius 2 is 1.71 bits per heavy atom. The molecule has 3 heterocycles. The molecule has 24 heavy (non-hydrogen) atoms. The van der Waals surface area contributed by atoms with E-state index in [1.165, 1.54) is 0 Å². The van der Waals surface area contributed by atoms with Crippen molar-refractivity contribution in [1.82, 2.24) is 0 Å². The molecule has 0 radical (unpaired) electrons. The average molecular weight is 363 g/mol. The fraction of sp³-hybridized carbons (Fsp3) is 1.00. The van der Waals surface area contributed by atoms with Gasteiger partial charge in [0.1, 0.15) is 6.10 Å². The van der Waals surface area contributed by atoms with Gasteiger partial charge >= 0.3 is 0 Å². The van der Waals surface area contributed by atoms with E-state index < -0.39 is 24.1 Å². The number of rotatable bonds is 4. The monoisotopic (exact) mass is 362 g/mol. The van der Waals surface area contributed by atoms with E-state index in [0.29, 0.717) is 11.5 Å². The SMILES string of the molecule is CC1(C)CCCCC(C)(C)C2C(CSCCO)OC(O1)C(O)C2O. The van der Waals surface area contributed by atoms with Crippen LogP contribution in [-0.4, -0.2) is 63.6 Å². The summed E-state index contributed by atoms with van der Waals surface area (Å²) in [7, 11) is 0. The molecule has 2 bridgehead atoms. The van der Waals surface area contributed by atoms with E-state index in [1.807, 2.05) is 13.8 Å². The predicted molar refractivity (Wildman–Crippen MR) is 96.0 cm³/mol. The molecular weight excluding hydrogens is 328 g/mol. The third-order valence-corrected chi connectivity index (χ3v) is 6.45. The van der Waals surface area contributed by atoms with E-state index in [-0.39, 0.29) is 24.0 Å². The Balaban J connectivity index is 2.28. The molecule has 0 aromatic heterocycles. The second-order valence-corrected chi connectivity index (χ2v) is 9.57. The summed E-state index contributed by atoms with van der Waals surface area (Å²) in [5.74, 6) is 1.17. The standard InChI is InChI=1S/C18H34O5S/c1-17(2)7-5-6-8-18(3,4)23-16-15(21)14(20)13(17)12(22-16)11-24-10-9-19/h12-16,19-21H,5-11H2,1-4H3. The highest BCUT2D eigenvalue weighted by molar-refractivity contribution is 7.99. The van der Waals surface area contributed by atoms with Gasteiger partial charge in [0.15, 0.2) is 6.29 Å². The van der Waals surface area contributed by atoms with Gasteiger partial charge in [0, 0.05) is 17.4 Å². The number of thioether (sulfide) groups is 1. The zero-order valence-corrected chi connectivity index (χ0v) is 16.2. The maximum Gasteiger partial charge on any atom is 0.186 e. The molecule has 0 saturated carbocycles. The molecule has 0 aliphatic carbocycles. The molecule has 3 N–H and O–H groups in total. The molecule has 3 aliphatic heterocycles. The number of fused-ring (bicyclic) bond motifs is 8. The van der Waals surface area contributed by atoms with Crippen LogP contribution in [0, 0.1) is 11.3 Å². The third kappa shape index (κ3) is 4.86. The van der Waals surface area contributed by atoms with Crippen molar-refractivity contribution in [2.75, 3.05) is 18.1 Å². The smallest absolute Gasteiger partial charge is 0.186 e. The molecule has 3 saturated heterocycles. The summed E-state index contributed by atoms with van der Waals surface area (Å²) in [5.41, 5.74) is -0.528. The zero-order chi connectivity index (χ0) is 18.0. The van der Waals surface area contributed by atoms with Crippen LogP contribution in [0.15, 0.2) is 0 Å². The minimum atomic E-state index is -1.04. The lowest BCUT2D eigenvalue weighted by Gasteiger charge is -2.49. The van der Waals surface area contributed by atoms with E-state index in [0.717, 1.165) is 25.7 Å². The highest BCUT2D eigenvalue weighted by Crippen LogP contribution is 2.45. The number of hydrogen-bond acceptors (Lipinski definition) is 6. The quantitative estimate of drug-likeness (QED) is 0.665. The van der Waals surface area contributed by atoms with Gasteiger partial charge in [0.25, 0.3) is 0 Å². The topological polar surface area (TPSA) is 79.2 Å². The van der Waals surface area contributed by atoms with Gasteiger partial charge in [-0.1, -0.05) is 26.7 Å². The fourth-order valence-electron chi connectivity index (χ4n) is 4.07. The average Bonchev–Trinajstić information content (AvgIpc) is 2.50. The summed E-state index contributed by atoms with van der Waals surface area (Å²) in [5, 5.41) is 30.5. The number of aliphatic hydroxyl groups excluding tert-OH is 3. The Labute approximate surface area is 150 Å². The third-order valence-electron chi connectivity index (χ3n) is 5.41. The molecule has 0 amide bonds. The summed E-state index contributed by atoms with van der Waals surface area (Å²) < 4.78 is 12.2. The summed E-state index contributed by atoms with van der Waals surface area (Å²) in [6, 6.07) is 0. The Bertz CT molecular complexity index is 399. The van der Waals surface area contributed by atoms with Crippen molar-refractivity contribution < 1.29 is 24.8 Å². The van der Waals surface area contributed by atoms with Crippen LogP contribution in [0.4, 0.5) is 0 Å². The zero-order valence-electron chi connectivity index (χ0n) is 15.4. The lowest BCUT2D eigenvalue weighted by atomic mass is 9.68. The molecule has 3 rings (SSSR count). The number of ether oxygens (including phenoxy) is 2. The molecule has 0 aromatic rings. The van der Waals surface area contributed by atoms with Crippen molar-refractivity contribution in [2.24, 2.45) is 11.3 Å². The van der Waals surface area contributed by atoms with Crippen molar-refractivity contribution in [1.29, 1.82) is 0 Å². The predicted octanol–water partition coefficient (Wildman–Crippen LogP) is 2.17. The maximum atomic E-state index is 10.8. The van der Waals surface area contributed by atoms with Gasteiger partial charge in [-0.15, -0.1) is 0 Å². The van der Waals surface area contributed by atoms with E-state index in [9.17, 15) is 10.2 Å². The molecular formula is C18H34O5S. The highest BCUT2D eigenvalue weighted by atomic mass is 32.2. The van der Waals surface area contributed by atoms with Crippen LogP contribution in [0.2, 0.25) is 0 Å². The van der Waals surface area contributed by atoms with Crippen LogP contribution in [0.5, 0.6) is 0 Å². The van der Waals surface area contributed by atoms with Gasteiger partial charge in [-0.25, -0.2) is 0 Å². The van der Waals surface area contributed by atoms with Crippen molar-refractivity contribution in [3.63, 3.8) is 0 Å². The molecule has 3 fully saturated rings. The molecule has 142 valence electrons. The van der Waals surface area contributed by atoms with Crippen LogP contribution in [0.3, 0.4) is 0 Å². The molecule has 3 aliphatic rings. The van der Waals surface area contributed by atoms with Crippen LogP contribution >= 0.6 is 11.8 Å². The summed E-state index contributed by atoms with van der Waals surface area (Å²) >= 11 is 1.61. The summed E-state index contributed by atoms with van der Waals surface area (Å²) in [6.45, 7) is 8.47. The van der Waals surface area contributed by atoms with Gasteiger partial charge < -0.3 is 24.8 Å². The van der Waals surface area contributed by atoms with E-state index in [1.54, 1.807) is 11.8 Å². The van der Waals surface area contributed by atoms with Gasteiger partial charge in [-0.3, -0.25) is 0 Å². The Morgan fingerprint density at radius 3 is 2.38 bits per heavy atom. The number of hydrogen-bond donors (Lipinski definition) is 3. The van der Waals surface area contributed by atoms with Crippen molar-refractivity contribution in [3.8, 4) is 0 Å². The van der Waals surface area contributed by atoms with Crippen LogP contribution < -0.4 is 0 Å². The van der Waals surface area contributed by atoms with Gasteiger partial charge in [0.2, 0.25) is 0 Å². The molecule has 5 unspecified atom stereocenters. The number of aliphatic hydroxyl groups is 3. The molecule has 0 aromatic carbocycles. The van der Waals surface area contributed by atoms with E-state index in [4.69, 9.17) is 14.6 Å². The highest BCUT2D eigenvalue weighted by Gasteiger charge is 2.51. The molecule has 0 spiro atoms.